The number of anilines is 2. The summed E-state index contributed by atoms with van der Waals surface area (Å²) in [6.07, 6.45) is 8.31. The van der Waals surface area contributed by atoms with Crippen LogP contribution in [0.1, 0.15) is 53.9 Å². The molecule has 1 aromatic heterocycles. The number of aromatic nitrogens is 1. The normalized spacial score (nSPS) is 18.8. The van der Waals surface area contributed by atoms with Gasteiger partial charge in [0, 0.05) is 31.7 Å². The maximum Gasteiger partial charge on any atom is 0.255 e. The van der Waals surface area contributed by atoms with Gasteiger partial charge in [-0.3, -0.25) is 4.79 Å². The number of rotatable bonds is 4. The number of carbonyl (C=O) groups excluding carboxylic acids is 1. The Labute approximate surface area is 167 Å². The number of pyridine rings is 1. The number of hydrogen-bond acceptors (Lipinski definition) is 4. The van der Waals surface area contributed by atoms with Crippen LogP contribution in [0.4, 0.5) is 11.5 Å². The van der Waals surface area contributed by atoms with Crippen LogP contribution in [0.3, 0.4) is 0 Å². The molecule has 0 bridgehead atoms. The molecule has 1 aliphatic heterocycles. The molecule has 1 aromatic carbocycles. The van der Waals surface area contributed by atoms with Gasteiger partial charge >= 0.3 is 0 Å². The lowest BCUT2D eigenvalue weighted by Crippen LogP contribution is -2.44. The van der Waals surface area contributed by atoms with E-state index in [0.717, 1.165) is 37.7 Å². The molecule has 4 rings (SSSR count). The average Bonchev–Trinajstić information content (AvgIpc) is 2.76. The highest BCUT2D eigenvalue weighted by molar-refractivity contribution is 6.04. The zero-order valence-corrected chi connectivity index (χ0v) is 16.7. The van der Waals surface area contributed by atoms with Gasteiger partial charge in [0.05, 0.1) is 11.9 Å². The van der Waals surface area contributed by atoms with Crippen LogP contribution in [-0.2, 0) is 0 Å². The Morgan fingerprint density at radius 2 is 1.68 bits per heavy atom. The Hall–Kier alpha value is -2.40. The molecule has 2 fully saturated rings. The summed E-state index contributed by atoms with van der Waals surface area (Å²) in [5.74, 6) is 1.56. The lowest BCUT2D eigenvalue weighted by atomic mass is 9.84. The summed E-state index contributed by atoms with van der Waals surface area (Å²) in [6.45, 7) is 4.08. The van der Waals surface area contributed by atoms with E-state index >= 15 is 0 Å². The van der Waals surface area contributed by atoms with Crippen molar-refractivity contribution in [3.05, 3.63) is 53.7 Å². The summed E-state index contributed by atoms with van der Waals surface area (Å²) in [7, 11) is 2.14. The van der Waals surface area contributed by atoms with E-state index in [0.29, 0.717) is 11.5 Å². The van der Waals surface area contributed by atoms with Crippen molar-refractivity contribution in [1.82, 2.24) is 9.88 Å². The first-order valence-corrected chi connectivity index (χ1v) is 10.5. The third-order valence-electron chi connectivity index (χ3n) is 6.08. The molecular formula is C23H30N4O. The summed E-state index contributed by atoms with van der Waals surface area (Å²) in [5.41, 5.74) is 2.80. The molecule has 2 aliphatic rings. The molecule has 0 atom stereocenters. The van der Waals surface area contributed by atoms with E-state index in [2.05, 4.69) is 39.3 Å². The minimum Gasteiger partial charge on any atom is -0.354 e. The van der Waals surface area contributed by atoms with Gasteiger partial charge in [0.25, 0.3) is 5.91 Å². The predicted octanol–water partition coefficient (Wildman–Crippen LogP) is 4.13. The first-order chi connectivity index (χ1) is 13.7. The maximum absolute atomic E-state index is 12.6. The fourth-order valence-electron chi connectivity index (χ4n) is 4.23. The van der Waals surface area contributed by atoms with Crippen molar-refractivity contribution >= 4 is 17.4 Å². The van der Waals surface area contributed by atoms with Gasteiger partial charge in [0.2, 0.25) is 0 Å². The van der Waals surface area contributed by atoms with Gasteiger partial charge in [-0.1, -0.05) is 31.4 Å². The van der Waals surface area contributed by atoms with Gasteiger partial charge in [0.1, 0.15) is 5.82 Å². The minimum absolute atomic E-state index is 0.0793. The van der Waals surface area contributed by atoms with Crippen LogP contribution < -0.4 is 10.2 Å². The summed E-state index contributed by atoms with van der Waals surface area (Å²) in [6, 6.07) is 12.1. The molecule has 0 radical (unpaired) electrons. The first kappa shape index (κ1) is 18.9. The van der Waals surface area contributed by atoms with E-state index < -0.39 is 0 Å². The van der Waals surface area contributed by atoms with E-state index in [1.807, 2.05) is 24.3 Å². The summed E-state index contributed by atoms with van der Waals surface area (Å²) >= 11 is 0. The van der Waals surface area contributed by atoms with Crippen molar-refractivity contribution in [1.29, 1.82) is 0 Å². The number of piperazine rings is 1. The minimum atomic E-state index is -0.0793. The number of nitrogens with zero attached hydrogens (tertiary/aromatic N) is 3. The first-order valence-electron chi connectivity index (χ1n) is 10.5. The zero-order chi connectivity index (χ0) is 19.3. The van der Waals surface area contributed by atoms with Crippen LogP contribution in [0, 0.1) is 0 Å². The zero-order valence-electron chi connectivity index (χ0n) is 16.7. The van der Waals surface area contributed by atoms with Crippen molar-refractivity contribution < 1.29 is 4.79 Å². The molecule has 1 saturated carbocycles. The van der Waals surface area contributed by atoms with Gasteiger partial charge in [-0.15, -0.1) is 0 Å². The standard InChI is InChI=1S/C23H30N4O/c1-26-13-15-27(16-14-26)22-12-11-21(17-24-22)25-23(28)20-9-7-19(8-10-20)18-5-3-2-4-6-18/h7-12,17-18H,2-6,13-16H2,1H3,(H,25,28). The fourth-order valence-corrected chi connectivity index (χ4v) is 4.23. The number of benzene rings is 1. The van der Waals surface area contributed by atoms with Gasteiger partial charge in [-0.05, 0) is 55.6 Å². The summed E-state index contributed by atoms with van der Waals surface area (Å²) in [4.78, 5) is 21.7. The van der Waals surface area contributed by atoms with Crippen molar-refractivity contribution in [2.75, 3.05) is 43.4 Å². The lowest BCUT2D eigenvalue weighted by Gasteiger charge is -2.33. The second-order valence-corrected chi connectivity index (χ2v) is 8.11. The largest absolute Gasteiger partial charge is 0.354 e. The summed E-state index contributed by atoms with van der Waals surface area (Å²) in [5, 5.41) is 2.97. The Bertz CT molecular complexity index is 773. The number of carbonyl (C=O) groups is 1. The number of hydrogen-bond donors (Lipinski definition) is 1. The summed E-state index contributed by atoms with van der Waals surface area (Å²) < 4.78 is 0. The SMILES string of the molecule is CN1CCN(c2ccc(NC(=O)c3ccc(C4CCCCC4)cc3)cn2)CC1. The Balaban J connectivity index is 1.35. The second-order valence-electron chi connectivity index (χ2n) is 8.11. The fraction of sp³-hybridized carbons (Fsp3) is 0.478. The molecule has 1 N–H and O–H groups in total. The number of nitrogens with one attached hydrogen (secondary N) is 1. The molecular weight excluding hydrogens is 348 g/mol. The van der Waals surface area contributed by atoms with E-state index in [1.165, 1.54) is 37.7 Å². The molecule has 2 heterocycles. The molecule has 1 saturated heterocycles. The smallest absolute Gasteiger partial charge is 0.255 e. The molecule has 0 spiro atoms. The van der Waals surface area contributed by atoms with E-state index in [1.54, 1.807) is 6.20 Å². The van der Waals surface area contributed by atoms with Crippen molar-refractivity contribution in [2.24, 2.45) is 0 Å². The maximum atomic E-state index is 12.6. The quantitative estimate of drug-likeness (QED) is 0.869. The van der Waals surface area contributed by atoms with Crippen LogP contribution in [0.2, 0.25) is 0 Å². The van der Waals surface area contributed by atoms with Gasteiger partial charge in [0.15, 0.2) is 0 Å². The Morgan fingerprint density at radius 3 is 2.32 bits per heavy atom. The van der Waals surface area contributed by atoms with Crippen LogP contribution in [0.25, 0.3) is 0 Å². The monoisotopic (exact) mass is 378 g/mol. The highest BCUT2D eigenvalue weighted by Crippen LogP contribution is 2.32. The van der Waals surface area contributed by atoms with Crippen molar-refractivity contribution in [3.63, 3.8) is 0 Å². The van der Waals surface area contributed by atoms with E-state index in [-0.39, 0.29) is 5.91 Å². The molecule has 2 aromatic rings. The molecule has 5 nitrogen and oxygen atoms in total. The highest BCUT2D eigenvalue weighted by atomic mass is 16.1. The van der Waals surface area contributed by atoms with Gasteiger partial charge < -0.3 is 15.1 Å². The van der Waals surface area contributed by atoms with Crippen LogP contribution in [0.5, 0.6) is 0 Å². The third-order valence-corrected chi connectivity index (χ3v) is 6.08. The highest BCUT2D eigenvalue weighted by Gasteiger charge is 2.17. The van der Waals surface area contributed by atoms with E-state index in [4.69, 9.17) is 0 Å². The molecule has 1 aliphatic carbocycles. The molecule has 0 unspecified atom stereocenters. The van der Waals surface area contributed by atoms with Crippen molar-refractivity contribution in [2.45, 2.75) is 38.0 Å². The van der Waals surface area contributed by atoms with E-state index in [9.17, 15) is 4.79 Å². The number of likely N-dealkylation sites (N-methyl/N-ethyl adjacent to an activating group) is 1. The second kappa shape index (κ2) is 8.74. The lowest BCUT2D eigenvalue weighted by molar-refractivity contribution is 0.102. The molecule has 5 heteroatoms. The van der Waals surface area contributed by atoms with Crippen LogP contribution in [0.15, 0.2) is 42.6 Å². The molecule has 1 amide bonds. The Kier molecular flexibility index (Phi) is 5.91. The Morgan fingerprint density at radius 1 is 0.964 bits per heavy atom. The number of amides is 1. The average molecular weight is 379 g/mol. The third kappa shape index (κ3) is 4.53. The topological polar surface area (TPSA) is 48.5 Å². The van der Waals surface area contributed by atoms with Crippen LogP contribution >= 0.6 is 0 Å². The van der Waals surface area contributed by atoms with Gasteiger partial charge in [-0.2, -0.15) is 0 Å². The molecule has 28 heavy (non-hydrogen) atoms. The predicted molar refractivity (Wildman–Crippen MR) is 114 cm³/mol. The van der Waals surface area contributed by atoms with Crippen molar-refractivity contribution in [3.8, 4) is 0 Å². The molecule has 148 valence electrons. The van der Waals surface area contributed by atoms with Crippen LogP contribution in [-0.4, -0.2) is 49.0 Å². The van der Waals surface area contributed by atoms with Gasteiger partial charge in [-0.25, -0.2) is 4.98 Å².